The number of aromatic nitrogens is 4. The lowest BCUT2D eigenvalue weighted by atomic mass is 9.79. The average Bonchev–Trinajstić information content (AvgIpc) is 2.81. The minimum atomic E-state index is 0.0357. The normalized spacial score (nSPS) is 45.0. The third-order valence-electron chi connectivity index (χ3n) is 6.05. The van der Waals surface area contributed by atoms with Gasteiger partial charge in [0.2, 0.25) is 0 Å². The summed E-state index contributed by atoms with van der Waals surface area (Å²) < 4.78 is 8.27. The molecule has 2 bridgehead atoms. The molecular formula is C14H15ClN4O. The van der Waals surface area contributed by atoms with Crippen LogP contribution in [0, 0.1) is 11.8 Å². The van der Waals surface area contributed by atoms with Gasteiger partial charge in [0.1, 0.15) is 11.8 Å². The highest BCUT2D eigenvalue weighted by Crippen LogP contribution is 2.73. The van der Waals surface area contributed by atoms with Crippen LogP contribution in [0.15, 0.2) is 12.7 Å². The number of epoxide rings is 1. The van der Waals surface area contributed by atoms with E-state index in [1.54, 1.807) is 0 Å². The maximum absolute atomic E-state index is 6.09. The average molecular weight is 291 g/mol. The summed E-state index contributed by atoms with van der Waals surface area (Å²) in [6.45, 7) is 4.52. The van der Waals surface area contributed by atoms with E-state index in [0.717, 1.165) is 12.1 Å². The summed E-state index contributed by atoms with van der Waals surface area (Å²) >= 11 is 6.09. The predicted octanol–water partition coefficient (Wildman–Crippen LogP) is 2.61. The molecule has 2 aromatic rings. The minimum absolute atomic E-state index is 0.0357. The molecule has 6 heteroatoms. The molecule has 5 atom stereocenters. The second-order valence-corrected chi connectivity index (χ2v) is 7.00. The van der Waals surface area contributed by atoms with Gasteiger partial charge in [0, 0.05) is 12.0 Å². The third kappa shape index (κ3) is 1.06. The van der Waals surface area contributed by atoms with Crippen molar-refractivity contribution in [3.05, 3.63) is 17.8 Å². The lowest BCUT2D eigenvalue weighted by Gasteiger charge is -2.28. The van der Waals surface area contributed by atoms with Gasteiger partial charge in [-0.1, -0.05) is 11.6 Å². The van der Waals surface area contributed by atoms with Crippen molar-refractivity contribution in [3.8, 4) is 0 Å². The van der Waals surface area contributed by atoms with Crippen molar-refractivity contribution < 1.29 is 4.74 Å². The number of hydrogen-bond donors (Lipinski definition) is 0. The quantitative estimate of drug-likeness (QED) is 0.598. The monoisotopic (exact) mass is 290 g/mol. The molecule has 3 aliphatic rings. The number of fused-ring (bicyclic) bond motifs is 6. The van der Waals surface area contributed by atoms with E-state index >= 15 is 0 Å². The Morgan fingerprint density at radius 2 is 2.10 bits per heavy atom. The largest absolute Gasteiger partial charge is 0.362 e. The lowest BCUT2D eigenvalue weighted by Crippen LogP contribution is -2.33. The molecule has 0 aromatic carbocycles. The zero-order chi connectivity index (χ0) is 13.7. The smallest absolute Gasteiger partial charge is 0.165 e. The van der Waals surface area contributed by atoms with Crippen molar-refractivity contribution in [2.24, 2.45) is 11.8 Å². The number of nitrogens with zero attached hydrogens (tertiary/aromatic N) is 4. The van der Waals surface area contributed by atoms with Crippen LogP contribution in [-0.2, 0) is 4.74 Å². The molecule has 1 saturated heterocycles. The van der Waals surface area contributed by atoms with Crippen molar-refractivity contribution in [2.75, 3.05) is 0 Å². The van der Waals surface area contributed by atoms with E-state index in [2.05, 4.69) is 33.4 Å². The van der Waals surface area contributed by atoms with Gasteiger partial charge in [0.15, 0.2) is 10.8 Å². The van der Waals surface area contributed by atoms with Crippen molar-refractivity contribution in [2.45, 2.75) is 43.9 Å². The van der Waals surface area contributed by atoms with Gasteiger partial charge in [-0.15, -0.1) is 0 Å². The van der Waals surface area contributed by atoms with Crippen LogP contribution < -0.4 is 0 Å². The van der Waals surface area contributed by atoms with Crippen molar-refractivity contribution >= 4 is 22.8 Å². The topological polar surface area (TPSA) is 56.1 Å². The molecule has 3 heterocycles. The number of rotatable bonds is 1. The minimum Gasteiger partial charge on any atom is -0.362 e. The highest BCUT2D eigenvalue weighted by Gasteiger charge is 2.79. The molecular weight excluding hydrogens is 276 g/mol. The van der Waals surface area contributed by atoms with E-state index in [0.29, 0.717) is 28.5 Å². The van der Waals surface area contributed by atoms with Crippen molar-refractivity contribution in [1.82, 2.24) is 19.5 Å². The molecule has 0 amide bonds. The van der Waals surface area contributed by atoms with Gasteiger partial charge in [-0.2, -0.15) is 0 Å². The van der Waals surface area contributed by atoms with Gasteiger partial charge < -0.3 is 9.30 Å². The summed E-state index contributed by atoms with van der Waals surface area (Å²) in [5.74, 6) is 1.20. The summed E-state index contributed by atoms with van der Waals surface area (Å²) in [6, 6.07) is 0.413. The van der Waals surface area contributed by atoms with Gasteiger partial charge in [-0.05, 0) is 32.6 Å². The molecule has 1 aliphatic heterocycles. The standard InChI is InChI=1S/C14H15ClN4O/c1-13-7-3-8(14(13,2)20-13)9(4-7)19-6-18-10-11(15)16-5-17-12(10)19/h5-9H,3-4H2,1-2H3/t7-,8+,9+,13-,14-/m0/s1. The zero-order valence-corrected chi connectivity index (χ0v) is 12.1. The molecule has 2 saturated carbocycles. The van der Waals surface area contributed by atoms with E-state index in [-0.39, 0.29) is 11.2 Å². The molecule has 3 fully saturated rings. The first kappa shape index (κ1) is 11.5. The summed E-state index contributed by atoms with van der Waals surface area (Å²) in [4.78, 5) is 12.8. The Balaban J connectivity index is 1.63. The van der Waals surface area contributed by atoms with Gasteiger partial charge >= 0.3 is 0 Å². The molecule has 2 aliphatic carbocycles. The Morgan fingerprint density at radius 3 is 2.85 bits per heavy atom. The second kappa shape index (κ2) is 3.17. The SMILES string of the molecule is C[C@@]12O[C@@]1(C)[C@@H]1C[C@H]2C[C@H]1n1cnc2c(Cl)ncnc21. The van der Waals surface area contributed by atoms with Crippen LogP contribution >= 0.6 is 11.6 Å². The fourth-order valence-corrected chi connectivity index (χ4v) is 4.96. The van der Waals surface area contributed by atoms with Crippen LogP contribution in [0.1, 0.15) is 32.7 Å². The zero-order valence-electron chi connectivity index (χ0n) is 11.4. The van der Waals surface area contributed by atoms with Crippen molar-refractivity contribution in [3.63, 3.8) is 0 Å². The highest BCUT2D eigenvalue weighted by atomic mass is 35.5. The number of imidazole rings is 1. The van der Waals surface area contributed by atoms with Crippen LogP contribution in [0.5, 0.6) is 0 Å². The molecule has 5 rings (SSSR count). The van der Waals surface area contributed by atoms with Crippen LogP contribution in [-0.4, -0.2) is 30.7 Å². The first-order chi connectivity index (χ1) is 9.54. The highest BCUT2D eigenvalue weighted by molar-refractivity contribution is 6.33. The molecule has 0 unspecified atom stereocenters. The number of hydrogen-bond acceptors (Lipinski definition) is 4. The maximum Gasteiger partial charge on any atom is 0.165 e. The van der Waals surface area contributed by atoms with E-state index in [4.69, 9.17) is 16.3 Å². The molecule has 20 heavy (non-hydrogen) atoms. The molecule has 0 N–H and O–H groups in total. The lowest BCUT2D eigenvalue weighted by molar-refractivity contribution is 0.171. The second-order valence-electron chi connectivity index (χ2n) is 6.65. The fraction of sp³-hybridized carbons (Fsp3) is 0.643. The molecule has 0 radical (unpaired) electrons. The number of halogens is 1. The van der Waals surface area contributed by atoms with Crippen LogP contribution in [0.25, 0.3) is 11.2 Å². The van der Waals surface area contributed by atoms with Gasteiger partial charge in [-0.3, -0.25) is 0 Å². The van der Waals surface area contributed by atoms with E-state index in [9.17, 15) is 0 Å². The van der Waals surface area contributed by atoms with E-state index < -0.39 is 0 Å². The van der Waals surface area contributed by atoms with Crippen LogP contribution in [0.2, 0.25) is 5.15 Å². The maximum atomic E-state index is 6.09. The predicted molar refractivity (Wildman–Crippen MR) is 73.5 cm³/mol. The third-order valence-corrected chi connectivity index (χ3v) is 6.33. The van der Waals surface area contributed by atoms with Gasteiger partial charge in [-0.25, -0.2) is 15.0 Å². The summed E-state index contributed by atoms with van der Waals surface area (Å²) in [5.41, 5.74) is 1.68. The summed E-state index contributed by atoms with van der Waals surface area (Å²) in [7, 11) is 0. The first-order valence-corrected chi connectivity index (χ1v) is 7.45. The Labute approximate surface area is 121 Å². The van der Waals surface area contributed by atoms with Gasteiger partial charge in [0.05, 0.1) is 17.5 Å². The van der Waals surface area contributed by atoms with Gasteiger partial charge in [0.25, 0.3) is 0 Å². The molecule has 2 aromatic heterocycles. The summed E-state index contributed by atoms with van der Waals surface area (Å²) in [5, 5.41) is 0.427. The Hall–Kier alpha value is -1.20. The van der Waals surface area contributed by atoms with Crippen LogP contribution in [0.4, 0.5) is 0 Å². The molecule has 104 valence electrons. The van der Waals surface area contributed by atoms with E-state index in [1.807, 2.05) is 6.33 Å². The first-order valence-electron chi connectivity index (χ1n) is 7.08. The molecule has 0 spiro atoms. The van der Waals surface area contributed by atoms with E-state index in [1.165, 1.54) is 12.7 Å². The Morgan fingerprint density at radius 1 is 1.25 bits per heavy atom. The Bertz CT molecular complexity index is 746. The number of ether oxygens (including phenoxy) is 1. The van der Waals surface area contributed by atoms with Crippen molar-refractivity contribution in [1.29, 1.82) is 0 Å². The fourth-order valence-electron chi connectivity index (χ4n) is 4.78. The van der Waals surface area contributed by atoms with Crippen LogP contribution in [0.3, 0.4) is 0 Å². The molecule has 5 nitrogen and oxygen atoms in total. The Kier molecular flexibility index (Phi) is 1.82. The summed E-state index contributed by atoms with van der Waals surface area (Å²) in [6.07, 6.45) is 5.76.